The number of ether oxygens (including phenoxy) is 1. The highest BCUT2D eigenvalue weighted by atomic mass is 35.5. The van der Waals surface area contributed by atoms with Crippen LogP contribution in [-0.2, 0) is 9.53 Å². The van der Waals surface area contributed by atoms with Crippen molar-refractivity contribution in [1.82, 2.24) is 0 Å². The number of carbonyl (C=O) groups is 1. The molecule has 0 amide bonds. The summed E-state index contributed by atoms with van der Waals surface area (Å²) in [6.07, 6.45) is 1.81. The summed E-state index contributed by atoms with van der Waals surface area (Å²) in [6.45, 7) is 0. The third-order valence-corrected chi connectivity index (χ3v) is 1.21. The van der Waals surface area contributed by atoms with Crippen LogP contribution in [0, 0.1) is 0 Å². The smallest absolute Gasteiger partial charge is 0.340 e. The molecule has 0 heterocycles. The Bertz CT molecular complexity index is 96.6. The fraction of sp³-hybridized carbons (Fsp3) is 0.750. The van der Waals surface area contributed by atoms with Gasteiger partial charge in [-0.25, -0.2) is 4.79 Å². The Morgan fingerprint density at radius 3 is 2.67 bits per heavy atom. The molecule has 0 aromatic heterocycles. The summed E-state index contributed by atoms with van der Waals surface area (Å²) in [7, 11) is 0. The number of hydrogen-bond acceptors (Lipinski definition) is 3. The van der Waals surface area contributed by atoms with Crippen LogP contribution >= 0.6 is 35.0 Å². The minimum Gasteiger partial charge on any atom is -0.453 e. The van der Waals surface area contributed by atoms with Crippen LogP contribution in [0.5, 0.6) is 0 Å². The van der Waals surface area contributed by atoms with Gasteiger partial charge in [-0.1, -0.05) is 23.2 Å². The summed E-state index contributed by atoms with van der Waals surface area (Å²) in [5.74, 6) is -0.290. The number of carbonyl (C=O) groups excluding carboxylic acids is 1. The Hall–Kier alpha value is 0.400. The minimum atomic E-state index is -1.06. The molecule has 2 nitrogen and oxygen atoms in total. The molecule has 9 heavy (non-hydrogen) atoms. The van der Waals surface area contributed by atoms with E-state index < -0.39 is 10.8 Å². The normalized spacial score (nSPS) is 9.78. The van der Waals surface area contributed by atoms with Gasteiger partial charge in [0.2, 0.25) is 4.84 Å². The van der Waals surface area contributed by atoms with Gasteiger partial charge in [0.1, 0.15) is 5.94 Å². The van der Waals surface area contributed by atoms with Gasteiger partial charge >= 0.3 is 5.97 Å². The van der Waals surface area contributed by atoms with Gasteiger partial charge in [-0.05, 0) is 6.26 Å². The SMILES string of the molecule is CSCOC(=O)C(Cl)Cl. The highest BCUT2D eigenvalue weighted by Gasteiger charge is 2.11. The van der Waals surface area contributed by atoms with E-state index in [4.69, 9.17) is 23.2 Å². The highest BCUT2D eigenvalue weighted by Crippen LogP contribution is 2.05. The van der Waals surface area contributed by atoms with Gasteiger partial charge in [-0.3, -0.25) is 0 Å². The molecule has 0 saturated heterocycles. The second kappa shape index (κ2) is 5.21. The summed E-state index contributed by atoms with van der Waals surface area (Å²) in [4.78, 5) is 9.34. The average molecular weight is 189 g/mol. The number of rotatable bonds is 3. The Kier molecular flexibility index (Phi) is 5.44. The third kappa shape index (κ3) is 4.88. The van der Waals surface area contributed by atoms with Crippen LogP contribution in [-0.4, -0.2) is 23.0 Å². The molecule has 0 bridgehead atoms. The molecule has 0 saturated carbocycles. The second-order valence-corrected chi connectivity index (χ2v) is 3.08. The zero-order chi connectivity index (χ0) is 7.28. The van der Waals surface area contributed by atoms with Crippen LogP contribution in [0.25, 0.3) is 0 Å². The number of halogens is 2. The zero-order valence-corrected chi connectivity index (χ0v) is 7.09. The zero-order valence-electron chi connectivity index (χ0n) is 4.77. The van der Waals surface area contributed by atoms with Crippen LogP contribution in [0.3, 0.4) is 0 Å². The molecule has 5 heteroatoms. The molecule has 0 fully saturated rings. The van der Waals surface area contributed by atoms with E-state index in [1.807, 2.05) is 6.26 Å². The lowest BCUT2D eigenvalue weighted by molar-refractivity contribution is -0.139. The molecule has 0 aliphatic carbocycles. The van der Waals surface area contributed by atoms with Crippen molar-refractivity contribution < 1.29 is 9.53 Å². The monoisotopic (exact) mass is 188 g/mol. The van der Waals surface area contributed by atoms with Crippen molar-refractivity contribution in [3.63, 3.8) is 0 Å². The van der Waals surface area contributed by atoms with Crippen molar-refractivity contribution in [3.05, 3.63) is 0 Å². The molecule has 0 aromatic carbocycles. The van der Waals surface area contributed by atoms with E-state index in [9.17, 15) is 4.79 Å². The first-order valence-electron chi connectivity index (χ1n) is 2.12. The quantitative estimate of drug-likeness (QED) is 0.383. The molecular weight excluding hydrogens is 183 g/mol. The molecule has 0 rings (SSSR count). The molecule has 0 aliphatic rings. The molecule has 0 spiro atoms. The average Bonchev–Trinajstić information content (AvgIpc) is 1.82. The predicted octanol–water partition coefficient (Wildman–Crippen LogP) is 1.65. The van der Waals surface area contributed by atoms with Gasteiger partial charge in [0.15, 0.2) is 0 Å². The maximum absolute atomic E-state index is 10.4. The van der Waals surface area contributed by atoms with Crippen molar-refractivity contribution in [3.8, 4) is 0 Å². The second-order valence-electron chi connectivity index (χ2n) is 1.17. The standard InChI is InChI=1S/C4H6Cl2O2S/c1-9-2-8-4(7)3(5)6/h3H,2H2,1H3. The molecule has 0 atom stereocenters. The van der Waals surface area contributed by atoms with Gasteiger partial charge in [0.25, 0.3) is 0 Å². The minimum absolute atomic E-state index is 0.300. The first kappa shape index (κ1) is 9.40. The van der Waals surface area contributed by atoms with E-state index >= 15 is 0 Å². The maximum atomic E-state index is 10.4. The molecule has 0 N–H and O–H groups in total. The van der Waals surface area contributed by atoms with Crippen LogP contribution in [0.4, 0.5) is 0 Å². The molecule has 0 aromatic rings. The van der Waals surface area contributed by atoms with E-state index in [0.717, 1.165) is 0 Å². The van der Waals surface area contributed by atoms with Crippen LogP contribution < -0.4 is 0 Å². The Balaban J connectivity index is 3.28. The topological polar surface area (TPSA) is 26.3 Å². The van der Waals surface area contributed by atoms with E-state index in [1.165, 1.54) is 11.8 Å². The van der Waals surface area contributed by atoms with Crippen molar-refractivity contribution in [2.45, 2.75) is 4.84 Å². The first-order chi connectivity index (χ1) is 4.18. The largest absolute Gasteiger partial charge is 0.453 e. The van der Waals surface area contributed by atoms with Crippen molar-refractivity contribution in [2.75, 3.05) is 12.2 Å². The Morgan fingerprint density at radius 1 is 1.78 bits per heavy atom. The summed E-state index contributed by atoms with van der Waals surface area (Å²) in [6, 6.07) is 0. The van der Waals surface area contributed by atoms with Gasteiger partial charge < -0.3 is 4.74 Å². The lowest BCUT2D eigenvalue weighted by Crippen LogP contribution is -2.11. The van der Waals surface area contributed by atoms with Gasteiger partial charge in [-0.2, -0.15) is 0 Å². The van der Waals surface area contributed by atoms with Crippen molar-refractivity contribution in [1.29, 1.82) is 0 Å². The van der Waals surface area contributed by atoms with Crippen LogP contribution in [0.2, 0.25) is 0 Å². The van der Waals surface area contributed by atoms with Gasteiger partial charge in [-0.15, -0.1) is 11.8 Å². The third-order valence-electron chi connectivity index (χ3n) is 0.497. The van der Waals surface area contributed by atoms with Gasteiger partial charge in [0, 0.05) is 0 Å². The predicted molar refractivity (Wildman–Crippen MR) is 40.0 cm³/mol. The van der Waals surface area contributed by atoms with Gasteiger partial charge in [0.05, 0.1) is 0 Å². The molecule has 0 radical (unpaired) electrons. The molecule has 0 aliphatic heterocycles. The summed E-state index contributed by atoms with van der Waals surface area (Å²) < 4.78 is 4.51. The Labute approximate surface area is 67.8 Å². The summed E-state index contributed by atoms with van der Waals surface area (Å²) >= 11 is 11.7. The fourth-order valence-corrected chi connectivity index (χ4v) is 0.540. The number of alkyl halides is 2. The van der Waals surface area contributed by atoms with Crippen LogP contribution in [0.1, 0.15) is 0 Å². The van der Waals surface area contributed by atoms with E-state index in [-0.39, 0.29) is 0 Å². The molecular formula is C4H6Cl2O2S. The lowest BCUT2D eigenvalue weighted by atomic mass is 10.8. The lowest BCUT2D eigenvalue weighted by Gasteiger charge is -2.00. The van der Waals surface area contributed by atoms with Crippen LogP contribution in [0.15, 0.2) is 0 Å². The van der Waals surface area contributed by atoms with E-state index in [1.54, 1.807) is 0 Å². The first-order valence-corrected chi connectivity index (χ1v) is 4.39. The number of thioether (sulfide) groups is 1. The fourth-order valence-electron chi connectivity index (χ4n) is 0.180. The van der Waals surface area contributed by atoms with Crippen molar-refractivity contribution >= 4 is 40.9 Å². The molecule has 0 unspecified atom stereocenters. The number of esters is 1. The highest BCUT2D eigenvalue weighted by molar-refractivity contribution is 7.98. The number of hydrogen-bond donors (Lipinski definition) is 0. The summed E-state index contributed by atoms with van der Waals surface area (Å²) in [5, 5.41) is 0. The van der Waals surface area contributed by atoms with E-state index in [0.29, 0.717) is 5.94 Å². The van der Waals surface area contributed by atoms with E-state index in [2.05, 4.69) is 4.74 Å². The summed E-state index contributed by atoms with van der Waals surface area (Å²) in [5.41, 5.74) is 0. The molecule has 54 valence electrons. The van der Waals surface area contributed by atoms with Crippen molar-refractivity contribution in [2.24, 2.45) is 0 Å². The maximum Gasteiger partial charge on any atom is 0.340 e. The Morgan fingerprint density at radius 2 is 2.33 bits per heavy atom.